The molecule has 19 heavy (non-hydrogen) atoms. The quantitative estimate of drug-likeness (QED) is 0.616. The first-order chi connectivity index (χ1) is 8.89. The second-order valence-corrected chi connectivity index (χ2v) is 3.70. The molecule has 0 unspecified atom stereocenters. The predicted octanol–water partition coefficient (Wildman–Crippen LogP) is 3.68. The summed E-state index contributed by atoms with van der Waals surface area (Å²) in [5.41, 5.74) is -0.786. The molecule has 0 spiro atoms. The lowest BCUT2D eigenvalue weighted by atomic mass is 10.1. The zero-order valence-electron chi connectivity index (χ0n) is 9.39. The van der Waals surface area contributed by atoms with Gasteiger partial charge in [0.1, 0.15) is 0 Å². The summed E-state index contributed by atoms with van der Waals surface area (Å²) in [6.45, 7) is 0. The smallest absolute Gasteiger partial charge is 0.258 e. The van der Waals surface area contributed by atoms with E-state index < -0.39 is 16.7 Å². The molecule has 1 aromatic carbocycles. The lowest BCUT2D eigenvalue weighted by Gasteiger charge is -2.07. The largest absolute Gasteiger partial charge is 0.417 e. The number of nitrogens with zero attached hydrogens (tertiary/aromatic N) is 2. The van der Waals surface area contributed by atoms with Gasteiger partial charge in [0, 0.05) is 12.3 Å². The molecule has 0 fully saturated rings. The fourth-order valence-electron chi connectivity index (χ4n) is 1.57. The van der Waals surface area contributed by atoms with Gasteiger partial charge in [0.2, 0.25) is 0 Å². The normalized spacial score (nSPS) is 11.3. The predicted molar refractivity (Wildman–Crippen MR) is 61.3 cm³/mol. The van der Waals surface area contributed by atoms with Gasteiger partial charge in [0.15, 0.2) is 0 Å². The summed E-state index contributed by atoms with van der Waals surface area (Å²) in [6, 6.07) is 7.71. The Kier molecular flexibility index (Phi) is 3.20. The Morgan fingerprint density at radius 3 is 2.32 bits per heavy atom. The molecule has 98 valence electrons. The third-order valence-electron chi connectivity index (χ3n) is 2.47. The maximum absolute atomic E-state index is 12.4. The lowest BCUT2D eigenvalue weighted by Crippen LogP contribution is -2.05. The van der Waals surface area contributed by atoms with Crippen molar-refractivity contribution in [1.82, 2.24) is 4.98 Å². The molecule has 4 nitrogen and oxygen atoms in total. The van der Waals surface area contributed by atoms with Gasteiger partial charge in [-0.3, -0.25) is 15.1 Å². The first-order valence-corrected chi connectivity index (χ1v) is 5.16. The third kappa shape index (κ3) is 2.70. The van der Waals surface area contributed by atoms with E-state index in [4.69, 9.17) is 0 Å². The molecule has 2 rings (SSSR count). The molecule has 0 saturated heterocycles. The Balaban J connectivity index is 2.46. The van der Waals surface area contributed by atoms with Crippen LogP contribution in [0.25, 0.3) is 11.3 Å². The van der Waals surface area contributed by atoms with E-state index in [9.17, 15) is 23.3 Å². The van der Waals surface area contributed by atoms with Crippen molar-refractivity contribution in [2.24, 2.45) is 0 Å². The van der Waals surface area contributed by atoms with E-state index in [2.05, 4.69) is 4.98 Å². The van der Waals surface area contributed by atoms with Crippen molar-refractivity contribution in [1.29, 1.82) is 0 Å². The SMILES string of the molecule is O=[N+]([O-])c1ccccc1-c1ccc(C(F)(F)F)cn1. The molecule has 1 heterocycles. The highest BCUT2D eigenvalue weighted by Gasteiger charge is 2.30. The van der Waals surface area contributed by atoms with Gasteiger partial charge in [-0.05, 0) is 18.2 Å². The summed E-state index contributed by atoms with van der Waals surface area (Å²) < 4.78 is 37.1. The minimum atomic E-state index is -4.48. The van der Waals surface area contributed by atoms with Crippen LogP contribution >= 0.6 is 0 Å². The molecule has 2 aromatic rings. The van der Waals surface area contributed by atoms with Crippen molar-refractivity contribution >= 4 is 5.69 Å². The van der Waals surface area contributed by atoms with Gasteiger partial charge in [0.05, 0.1) is 21.7 Å². The van der Waals surface area contributed by atoms with Crippen LogP contribution in [0.15, 0.2) is 42.6 Å². The Labute approximate surface area is 105 Å². The fraction of sp³-hybridized carbons (Fsp3) is 0.0833. The molecule has 0 aliphatic rings. The van der Waals surface area contributed by atoms with Crippen LogP contribution in [0.5, 0.6) is 0 Å². The van der Waals surface area contributed by atoms with E-state index in [0.717, 1.165) is 12.1 Å². The van der Waals surface area contributed by atoms with Crippen LogP contribution in [0.4, 0.5) is 18.9 Å². The van der Waals surface area contributed by atoms with E-state index >= 15 is 0 Å². The molecule has 0 saturated carbocycles. The highest BCUT2D eigenvalue weighted by atomic mass is 19.4. The van der Waals surface area contributed by atoms with Crippen molar-refractivity contribution in [3.05, 3.63) is 58.3 Å². The summed E-state index contributed by atoms with van der Waals surface area (Å²) >= 11 is 0. The van der Waals surface area contributed by atoms with Crippen molar-refractivity contribution in [3.8, 4) is 11.3 Å². The number of halogens is 3. The Hall–Kier alpha value is -2.44. The molecule has 0 bridgehead atoms. The topological polar surface area (TPSA) is 56.0 Å². The molecular weight excluding hydrogens is 261 g/mol. The average Bonchev–Trinajstić information content (AvgIpc) is 2.38. The second kappa shape index (κ2) is 4.68. The van der Waals surface area contributed by atoms with E-state index in [1.807, 2.05) is 0 Å². The van der Waals surface area contributed by atoms with E-state index in [0.29, 0.717) is 6.20 Å². The molecule has 0 atom stereocenters. The van der Waals surface area contributed by atoms with Crippen molar-refractivity contribution in [2.45, 2.75) is 6.18 Å². The molecular formula is C12H7F3N2O2. The van der Waals surface area contributed by atoms with E-state index in [-0.39, 0.29) is 16.9 Å². The van der Waals surface area contributed by atoms with Crippen molar-refractivity contribution < 1.29 is 18.1 Å². The van der Waals surface area contributed by atoms with Crippen LogP contribution in [-0.4, -0.2) is 9.91 Å². The van der Waals surface area contributed by atoms with Gasteiger partial charge >= 0.3 is 6.18 Å². The summed E-state index contributed by atoms with van der Waals surface area (Å²) in [6.07, 6.45) is -3.82. The van der Waals surface area contributed by atoms with Crippen molar-refractivity contribution in [3.63, 3.8) is 0 Å². The standard InChI is InChI=1S/C12H7F3N2O2/c13-12(14,15)8-5-6-10(16-7-8)9-3-1-2-4-11(9)17(18)19/h1-7H. The Morgan fingerprint density at radius 1 is 1.11 bits per heavy atom. The molecule has 0 aliphatic heterocycles. The molecule has 0 N–H and O–H groups in total. The number of hydrogen-bond donors (Lipinski definition) is 0. The molecule has 0 aliphatic carbocycles. The van der Waals surface area contributed by atoms with Gasteiger partial charge in [-0.2, -0.15) is 13.2 Å². The van der Waals surface area contributed by atoms with Crippen LogP contribution in [0.3, 0.4) is 0 Å². The molecule has 1 aromatic heterocycles. The molecule has 7 heteroatoms. The minimum Gasteiger partial charge on any atom is -0.258 e. The van der Waals surface area contributed by atoms with Gasteiger partial charge in [-0.1, -0.05) is 12.1 Å². The summed E-state index contributed by atoms with van der Waals surface area (Å²) in [5.74, 6) is 0. The number of rotatable bonds is 2. The van der Waals surface area contributed by atoms with Crippen LogP contribution in [0, 0.1) is 10.1 Å². The molecule has 0 amide bonds. The van der Waals surface area contributed by atoms with Crippen LogP contribution < -0.4 is 0 Å². The zero-order valence-corrected chi connectivity index (χ0v) is 9.39. The summed E-state index contributed by atoms with van der Waals surface area (Å²) in [5, 5.41) is 10.8. The first-order valence-electron chi connectivity index (χ1n) is 5.16. The number of pyridine rings is 1. The third-order valence-corrected chi connectivity index (χ3v) is 2.47. The van der Waals surface area contributed by atoms with E-state index in [1.54, 1.807) is 6.07 Å². The highest BCUT2D eigenvalue weighted by Crippen LogP contribution is 2.32. The molecule has 0 radical (unpaired) electrons. The number of benzene rings is 1. The monoisotopic (exact) mass is 268 g/mol. The highest BCUT2D eigenvalue weighted by molar-refractivity contribution is 5.70. The average molecular weight is 268 g/mol. The fourth-order valence-corrected chi connectivity index (χ4v) is 1.57. The zero-order chi connectivity index (χ0) is 14.0. The lowest BCUT2D eigenvalue weighted by molar-refractivity contribution is -0.384. The number of nitro groups is 1. The van der Waals surface area contributed by atoms with Gasteiger partial charge in [-0.25, -0.2) is 0 Å². The van der Waals surface area contributed by atoms with E-state index in [1.165, 1.54) is 18.2 Å². The number of nitro benzene ring substituents is 1. The number of hydrogen-bond acceptors (Lipinski definition) is 3. The minimum absolute atomic E-state index is 0.125. The van der Waals surface area contributed by atoms with Crippen LogP contribution in [-0.2, 0) is 6.18 Å². The maximum atomic E-state index is 12.4. The van der Waals surface area contributed by atoms with Gasteiger partial charge < -0.3 is 0 Å². The Morgan fingerprint density at radius 2 is 1.79 bits per heavy atom. The number of para-hydroxylation sites is 1. The summed E-state index contributed by atoms with van der Waals surface area (Å²) in [7, 11) is 0. The second-order valence-electron chi connectivity index (χ2n) is 3.70. The van der Waals surface area contributed by atoms with Gasteiger partial charge in [0.25, 0.3) is 5.69 Å². The first kappa shape index (κ1) is 13.0. The summed E-state index contributed by atoms with van der Waals surface area (Å²) in [4.78, 5) is 13.9. The number of alkyl halides is 3. The Bertz CT molecular complexity index is 609. The maximum Gasteiger partial charge on any atom is 0.417 e. The van der Waals surface area contributed by atoms with Crippen LogP contribution in [0.2, 0.25) is 0 Å². The van der Waals surface area contributed by atoms with Crippen LogP contribution in [0.1, 0.15) is 5.56 Å². The van der Waals surface area contributed by atoms with Crippen molar-refractivity contribution in [2.75, 3.05) is 0 Å². The number of aromatic nitrogens is 1. The van der Waals surface area contributed by atoms with Gasteiger partial charge in [-0.15, -0.1) is 0 Å².